The highest BCUT2D eigenvalue weighted by Crippen LogP contribution is 2.38. The second-order valence-electron chi connectivity index (χ2n) is 6.53. The predicted molar refractivity (Wildman–Crippen MR) is 94.5 cm³/mol. The monoisotopic (exact) mass is 336 g/mol. The molecule has 1 atom stereocenters. The molecule has 5 rings (SSSR count). The summed E-state index contributed by atoms with van der Waals surface area (Å²) in [5, 5.41) is 15.4. The molecule has 1 N–H and O–H groups in total. The van der Waals surface area contributed by atoms with Crippen molar-refractivity contribution in [3.8, 4) is 17.1 Å². The first-order valence-corrected chi connectivity index (χ1v) is 8.96. The molecule has 0 saturated carbocycles. The fourth-order valence-corrected chi connectivity index (χ4v) is 4.69. The zero-order valence-electron chi connectivity index (χ0n) is 13.2. The average Bonchev–Trinajstić information content (AvgIpc) is 3.15. The van der Waals surface area contributed by atoms with Gasteiger partial charge in [-0.3, -0.25) is 0 Å². The molecule has 3 aromatic heterocycles. The van der Waals surface area contributed by atoms with Crippen molar-refractivity contribution in [1.82, 2.24) is 19.6 Å². The van der Waals surface area contributed by atoms with E-state index in [9.17, 15) is 5.11 Å². The number of hydrogen-bond acceptors (Lipinski definition) is 5. The molecule has 6 heteroatoms. The third-order valence-electron chi connectivity index (χ3n) is 4.73. The molecule has 0 aliphatic heterocycles. The molecule has 0 amide bonds. The molecule has 120 valence electrons. The molecule has 3 heterocycles. The number of fused-ring (bicyclic) bond motifs is 5. The van der Waals surface area contributed by atoms with Gasteiger partial charge in [-0.2, -0.15) is 0 Å². The van der Waals surface area contributed by atoms with Crippen LogP contribution in [0.4, 0.5) is 0 Å². The topological polar surface area (TPSA) is 63.3 Å². The largest absolute Gasteiger partial charge is 0.508 e. The van der Waals surface area contributed by atoms with Crippen LogP contribution in [0.1, 0.15) is 23.8 Å². The summed E-state index contributed by atoms with van der Waals surface area (Å²) in [5.74, 6) is 1.53. The molecule has 5 nitrogen and oxygen atoms in total. The van der Waals surface area contributed by atoms with Crippen molar-refractivity contribution >= 4 is 27.2 Å². The molecular weight excluding hydrogens is 320 g/mol. The molecule has 0 saturated heterocycles. The van der Waals surface area contributed by atoms with E-state index in [-0.39, 0.29) is 5.75 Å². The average molecular weight is 336 g/mol. The van der Waals surface area contributed by atoms with Crippen LogP contribution in [0.25, 0.3) is 27.3 Å². The van der Waals surface area contributed by atoms with E-state index in [1.165, 1.54) is 16.9 Å². The van der Waals surface area contributed by atoms with Gasteiger partial charge in [-0.05, 0) is 42.9 Å². The Labute approximate surface area is 142 Å². The SMILES string of the molecule is C[C@@H]1CCc2sc3ncn4nc(-c5cccc(O)c5)nc4c3c2C1. The van der Waals surface area contributed by atoms with Crippen LogP contribution in [0.15, 0.2) is 30.6 Å². The zero-order chi connectivity index (χ0) is 16.3. The van der Waals surface area contributed by atoms with Gasteiger partial charge in [0.25, 0.3) is 0 Å². The lowest BCUT2D eigenvalue weighted by molar-refractivity contribution is 0.475. The van der Waals surface area contributed by atoms with Crippen LogP contribution in [0, 0.1) is 5.92 Å². The van der Waals surface area contributed by atoms with Crippen molar-refractivity contribution in [1.29, 1.82) is 0 Å². The van der Waals surface area contributed by atoms with Crippen molar-refractivity contribution in [3.05, 3.63) is 41.0 Å². The van der Waals surface area contributed by atoms with Gasteiger partial charge in [0.1, 0.15) is 16.9 Å². The second kappa shape index (κ2) is 5.01. The third kappa shape index (κ3) is 2.03. The van der Waals surface area contributed by atoms with Gasteiger partial charge in [0.15, 0.2) is 11.5 Å². The van der Waals surface area contributed by atoms with E-state index < -0.39 is 0 Å². The molecule has 1 aliphatic carbocycles. The standard InChI is InChI=1S/C18H16N4OS/c1-10-5-6-14-13(7-10)15-17-20-16(11-3-2-4-12(23)8-11)21-22(17)9-19-18(15)24-14/h2-4,8-10,23H,5-7H2,1H3/t10-/m1/s1. The summed E-state index contributed by atoms with van der Waals surface area (Å²) >= 11 is 1.79. The van der Waals surface area contributed by atoms with Crippen molar-refractivity contribution in [2.24, 2.45) is 5.92 Å². The van der Waals surface area contributed by atoms with E-state index in [1.807, 2.05) is 6.07 Å². The Kier molecular flexibility index (Phi) is 2.91. The summed E-state index contributed by atoms with van der Waals surface area (Å²) in [4.78, 5) is 11.9. The Balaban J connectivity index is 1.77. The fraction of sp³-hybridized carbons (Fsp3) is 0.278. The molecule has 1 aromatic carbocycles. The Bertz CT molecular complexity index is 1080. The van der Waals surface area contributed by atoms with Gasteiger partial charge in [-0.1, -0.05) is 19.1 Å². The van der Waals surface area contributed by atoms with Crippen LogP contribution in [0.5, 0.6) is 5.75 Å². The molecular formula is C18H16N4OS. The maximum Gasteiger partial charge on any atom is 0.182 e. The van der Waals surface area contributed by atoms with Crippen LogP contribution < -0.4 is 0 Å². The van der Waals surface area contributed by atoms with Gasteiger partial charge in [-0.25, -0.2) is 14.5 Å². The first kappa shape index (κ1) is 13.9. The highest BCUT2D eigenvalue weighted by molar-refractivity contribution is 7.19. The first-order chi connectivity index (χ1) is 11.7. The van der Waals surface area contributed by atoms with Gasteiger partial charge in [0.05, 0.1) is 5.39 Å². The molecule has 24 heavy (non-hydrogen) atoms. The number of nitrogens with zero attached hydrogens (tertiary/aromatic N) is 4. The summed E-state index contributed by atoms with van der Waals surface area (Å²) in [5.41, 5.74) is 3.08. The van der Waals surface area contributed by atoms with Crippen molar-refractivity contribution < 1.29 is 5.11 Å². The Morgan fingerprint density at radius 2 is 2.25 bits per heavy atom. The number of hydrogen-bond donors (Lipinski definition) is 1. The number of phenolic OH excluding ortho intramolecular Hbond substituents is 1. The number of phenols is 1. The number of aromatic hydroxyl groups is 1. The van der Waals surface area contributed by atoms with Gasteiger partial charge >= 0.3 is 0 Å². The highest BCUT2D eigenvalue weighted by Gasteiger charge is 2.23. The lowest BCUT2D eigenvalue weighted by Crippen LogP contribution is -2.09. The van der Waals surface area contributed by atoms with Gasteiger partial charge in [0, 0.05) is 10.4 Å². The molecule has 0 fully saturated rings. The van der Waals surface area contributed by atoms with Crippen molar-refractivity contribution in [2.75, 3.05) is 0 Å². The Morgan fingerprint density at radius 1 is 1.33 bits per heavy atom. The first-order valence-electron chi connectivity index (χ1n) is 8.14. The van der Waals surface area contributed by atoms with E-state index in [4.69, 9.17) is 4.98 Å². The van der Waals surface area contributed by atoms with E-state index in [0.717, 1.165) is 34.3 Å². The number of rotatable bonds is 1. The minimum absolute atomic E-state index is 0.219. The molecule has 0 radical (unpaired) electrons. The number of aromatic nitrogens is 4. The summed E-state index contributed by atoms with van der Waals surface area (Å²) in [6.45, 7) is 2.31. The minimum atomic E-state index is 0.219. The van der Waals surface area contributed by atoms with E-state index in [2.05, 4.69) is 17.0 Å². The highest BCUT2D eigenvalue weighted by atomic mass is 32.1. The van der Waals surface area contributed by atoms with Crippen LogP contribution in [0.3, 0.4) is 0 Å². The molecule has 0 spiro atoms. The number of thiophene rings is 1. The Morgan fingerprint density at radius 3 is 3.12 bits per heavy atom. The molecule has 0 unspecified atom stereocenters. The summed E-state index contributed by atoms with van der Waals surface area (Å²) in [6.07, 6.45) is 5.21. The summed E-state index contributed by atoms with van der Waals surface area (Å²) < 4.78 is 1.76. The predicted octanol–water partition coefficient (Wildman–Crippen LogP) is 3.84. The van der Waals surface area contributed by atoms with Crippen LogP contribution in [-0.2, 0) is 12.8 Å². The van der Waals surface area contributed by atoms with Gasteiger partial charge in [-0.15, -0.1) is 16.4 Å². The van der Waals surface area contributed by atoms with Crippen LogP contribution in [0.2, 0.25) is 0 Å². The number of benzene rings is 1. The van der Waals surface area contributed by atoms with Gasteiger partial charge in [0.2, 0.25) is 0 Å². The van der Waals surface area contributed by atoms with E-state index in [1.54, 1.807) is 40.4 Å². The fourth-order valence-electron chi connectivity index (χ4n) is 3.51. The summed E-state index contributed by atoms with van der Waals surface area (Å²) in [6, 6.07) is 7.04. The zero-order valence-corrected chi connectivity index (χ0v) is 14.0. The van der Waals surface area contributed by atoms with Gasteiger partial charge < -0.3 is 5.11 Å². The number of aryl methyl sites for hydroxylation is 1. The normalized spacial score (nSPS) is 17.5. The smallest absolute Gasteiger partial charge is 0.182 e. The maximum absolute atomic E-state index is 9.70. The molecule has 0 bridgehead atoms. The summed E-state index contributed by atoms with van der Waals surface area (Å²) in [7, 11) is 0. The molecule has 1 aliphatic rings. The Hall–Kier alpha value is -2.47. The second-order valence-corrected chi connectivity index (χ2v) is 7.61. The third-order valence-corrected chi connectivity index (χ3v) is 5.93. The molecule has 4 aromatic rings. The maximum atomic E-state index is 9.70. The quantitative estimate of drug-likeness (QED) is 0.574. The van der Waals surface area contributed by atoms with E-state index in [0.29, 0.717) is 11.7 Å². The van der Waals surface area contributed by atoms with Crippen LogP contribution in [-0.4, -0.2) is 24.7 Å². The van der Waals surface area contributed by atoms with Crippen LogP contribution >= 0.6 is 11.3 Å². The lowest BCUT2D eigenvalue weighted by Gasteiger charge is -2.17. The van der Waals surface area contributed by atoms with Crippen molar-refractivity contribution in [2.45, 2.75) is 26.2 Å². The lowest BCUT2D eigenvalue weighted by atomic mass is 9.89. The van der Waals surface area contributed by atoms with E-state index >= 15 is 0 Å². The van der Waals surface area contributed by atoms with Crippen molar-refractivity contribution in [3.63, 3.8) is 0 Å². The minimum Gasteiger partial charge on any atom is -0.508 e.